The molecule has 0 fully saturated rings. The van der Waals surface area contributed by atoms with Crippen molar-refractivity contribution in [1.82, 2.24) is 9.97 Å². The Morgan fingerprint density at radius 2 is 1.74 bits per heavy atom. The molecular weight excluding hydrogens is 432 g/mol. The van der Waals surface area contributed by atoms with Crippen LogP contribution in [-0.2, 0) is 0 Å². The third-order valence-electron chi connectivity index (χ3n) is 5.26. The number of fused-ring (bicyclic) bond motifs is 1. The molecule has 3 N–H and O–H groups in total. The number of aliphatic hydroxyl groups excluding tert-OH is 1. The van der Waals surface area contributed by atoms with Gasteiger partial charge >= 0.3 is 0 Å². The number of ether oxygens (including phenoxy) is 2. The molecule has 0 saturated heterocycles. The summed E-state index contributed by atoms with van der Waals surface area (Å²) in [5.74, 6) is 1.46. The maximum atomic E-state index is 12.3. The zero-order valence-electron chi connectivity index (χ0n) is 19.0. The fourth-order valence-electron chi connectivity index (χ4n) is 3.31. The van der Waals surface area contributed by atoms with Crippen molar-refractivity contribution in [3.05, 3.63) is 78.6 Å². The molecule has 1 aromatic heterocycles. The maximum absolute atomic E-state index is 12.3. The number of hydrogen-bond acceptors (Lipinski definition) is 7. The topological polar surface area (TPSA) is 106 Å². The van der Waals surface area contributed by atoms with Crippen LogP contribution >= 0.6 is 0 Å². The summed E-state index contributed by atoms with van der Waals surface area (Å²) in [4.78, 5) is 21.1. The molecular formula is C26H26N4O4. The number of carbonyl (C=O) groups excluding carboxylic acids is 1. The number of carbonyl (C=O) groups is 1. The molecule has 0 bridgehead atoms. The van der Waals surface area contributed by atoms with Crippen LogP contribution in [0.2, 0.25) is 0 Å². The average Bonchev–Trinajstić information content (AvgIpc) is 2.88. The molecule has 0 aliphatic carbocycles. The lowest BCUT2D eigenvalue weighted by Crippen LogP contribution is -2.16. The molecule has 34 heavy (non-hydrogen) atoms. The molecule has 1 unspecified atom stereocenters. The first-order chi connectivity index (χ1) is 16.6. The fraction of sp³-hybridized carbons (Fsp3) is 0.192. The summed E-state index contributed by atoms with van der Waals surface area (Å²) in [6, 6.07) is 20.0. The molecule has 4 aromatic rings. The van der Waals surface area contributed by atoms with Gasteiger partial charge in [-0.15, -0.1) is 0 Å². The molecule has 4 rings (SSSR count). The number of amides is 1. The number of benzene rings is 3. The maximum Gasteiger partial charge on any atom is 0.255 e. The molecule has 0 spiro atoms. The summed E-state index contributed by atoms with van der Waals surface area (Å²) in [6.07, 6.45) is 1.51. The van der Waals surface area contributed by atoms with Crippen molar-refractivity contribution < 1.29 is 19.4 Å². The predicted molar refractivity (Wildman–Crippen MR) is 132 cm³/mol. The van der Waals surface area contributed by atoms with Gasteiger partial charge in [-0.2, -0.15) is 0 Å². The molecule has 174 valence electrons. The van der Waals surface area contributed by atoms with Crippen LogP contribution < -0.4 is 20.1 Å². The smallest absolute Gasteiger partial charge is 0.255 e. The van der Waals surface area contributed by atoms with E-state index in [1.807, 2.05) is 49.4 Å². The number of nitrogens with one attached hydrogen (secondary N) is 2. The lowest BCUT2D eigenvalue weighted by atomic mass is 10.2. The van der Waals surface area contributed by atoms with Crippen molar-refractivity contribution in [1.29, 1.82) is 0 Å². The minimum atomic E-state index is -0.552. The predicted octanol–water partition coefficient (Wildman–Crippen LogP) is 4.78. The van der Waals surface area contributed by atoms with E-state index in [4.69, 9.17) is 9.47 Å². The van der Waals surface area contributed by atoms with Gasteiger partial charge in [0.25, 0.3) is 5.91 Å². The second-order valence-corrected chi connectivity index (χ2v) is 7.64. The third-order valence-corrected chi connectivity index (χ3v) is 5.26. The van der Waals surface area contributed by atoms with E-state index in [0.29, 0.717) is 40.5 Å². The van der Waals surface area contributed by atoms with Gasteiger partial charge in [0.1, 0.15) is 18.8 Å². The monoisotopic (exact) mass is 458 g/mol. The van der Waals surface area contributed by atoms with Crippen LogP contribution in [0.4, 0.5) is 17.2 Å². The highest BCUT2D eigenvalue weighted by molar-refractivity contribution is 6.04. The fourth-order valence-corrected chi connectivity index (χ4v) is 3.31. The zero-order valence-corrected chi connectivity index (χ0v) is 19.0. The number of hydrogen-bond donors (Lipinski definition) is 3. The number of aromatic nitrogens is 2. The molecule has 0 saturated carbocycles. The van der Waals surface area contributed by atoms with Gasteiger partial charge in [0.05, 0.1) is 18.7 Å². The van der Waals surface area contributed by atoms with Crippen LogP contribution in [0.15, 0.2) is 73.1 Å². The lowest BCUT2D eigenvalue weighted by molar-refractivity contribution is 0.102. The van der Waals surface area contributed by atoms with Crippen LogP contribution in [0.5, 0.6) is 11.5 Å². The van der Waals surface area contributed by atoms with Crippen LogP contribution in [-0.4, -0.2) is 40.8 Å². The first kappa shape index (κ1) is 23.0. The van der Waals surface area contributed by atoms with Crippen LogP contribution in [0.1, 0.15) is 23.7 Å². The summed E-state index contributed by atoms with van der Waals surface area (Å²) in [5.41, 5.74) is 2.75. The lowest BCUT2D eigenvalue weighted by Gasteiger charge is -2.15. The van der Waals surface area contributed by atoms with E-state index in [0.717, 1.165) is 11.1 Å². The first-order valence-corrected chi connectivity index (χ1v) is 10.9. The van der Waals surface area contributed by atoms with Crippen LogP contribution in [0, 0.1) is 0 Å². The van der Waals surface area contributed by atoms with Gasteiger partial charge in [0.2, 0.25) is 0 Å². The second-order valence-electron chi connectivity index (χ2n) is 7.64. The normalized spacial score (nSPS) is 11.6. The number of methoxy groups -OCH3 is 1. The number of nitrogens with zero attached hydrogens (tertiary/aromatic N) is 2. The van der Waals surface area contributed by atoms with Gasteiger partial charge in [-0.05, 0) is 48.9 Å². The standard InChI is InChI=1S/C26H26N4O4/c1-3-20(31)15-34-24-14-22-21(13-23(24)33-2)25(28-16-27-22)29-18-9-11-19(12-10-18)30-26(32)17-7-5-4-6-8-17/h4-14,16,20,31H,3,15H2,1-2H3,(H,30,32)(H,27,28,29). The number of anilines is 3. The Morgan fingerprint density at radius 1 is 1.00 bits per heavy atom. The molecule has 0 radical (unpaired) electrons. The van der Waals surface area contributed by atoms with Crippen molar-refractivity contribution in [2.45, 2.75) is 19.4 Å². The van der Waals surface area contributed by atoms with E-state index in [-0.39, 0.29) is 12.5 Å². The van der Waals surface area contributed by atoms with Gasteiger partial charge in [-0.1, -0.05) is 25.1 Å². The molecule has 1 heterocycles. The Kier molecular flexibility index (Phi) is 7.19. The molecule has 0 aliphatic heterocycles. The molecule has 1 atom stereocenters. The van der Waals surface area contributed by atoms with Crippen LogP contribution in [0.3, 0.4) is 0 Å². The molecule has 0 aliphatic rings. The molecule has 3 aromatic carbocycles. The highest BCUT2D eigenvalue weighted by Gasteiger charge is 2.13. The Bertz CT molecular complexity index is 1260. The molecule has 8 heteroatoms. The van der Waals surface area contributed by atoms with Gasteiger partial charge in [-0.25, -0.2) is 9.97 Å². The van der Waals surface area contributed by atoms with Crippen molar-refractivity contribution in [3.8, 4) is 11.5 Å². The Labute approximate surface area is 197 Å². The number of aliphatic hydroxyl groups is 1. The summed E-state index contributed by atoms with van der Waals surface area (Å²) >= 11 is 0. The van der Waals surface area contributed by atoms with Crippen molar-refractivity contribution in [3.63, 3.8) is 0 Å². The quantitative estimate of drug-likeness (QED) is 0.331. The van der Waals surface area contributed by atoms with E-state index in [1.54, 1.807) is 31.4 Å². The summed E-state index contributed by atoms with van der Waals surface area (Å²) < 4.78 is 11.2. The van der Waals surface area contributed by atoms with Gasteiger partial charge in [0.15, 0.2) is 11.5 Å². The highest BCUT2D eigenvalue weighted by Crippen LogP contribution is 2.35. The summed E-state index contributed by atoms with van der Waals surface area (Å²) in [5, 5.41) is 16.7. The second kappa shape index (κ2) is 10.6. The Hall–Kier alpha value is -4.17. The first-order valence-electron chi connectivity index (χ1n) is 10.9. The average molecular weight is 459 g/mol. The minimum Gasteiger partial charge on any atom is -0.493 e. The summed E-state index contributed by atoms with van der Waals surface area (Å²) in [6.45, 7) is 2.06. The highest BCUT2D eigenvalue weighted by atomic mass is 16.5. The van der Waals surface area contributed by atoms with E-state index in [1.165, 1.54) is 6.33 Å². The van der Waals surface area contributed by atoms with Crippen molar-refractivity contribution >= 4 is 34.0 Å². The van der Waals surface area contributed by atoms with Crippen molar-refractivity contribution in [2.24, 2.45) is 0 Å². The zero-order chi connectivity index (χ0) is 23.9. The van der Waals surface area contributed by atoms with E-state index in [2.05, 4.69) is 20.6 Å². The van der Waals surface area contributed by atoms with Gasteiger partial charge < -0.3 is 25.2 Å². The van der Waals surface area contributed by atoms with E-state index in [9.17, 15) is 9.90 Å². The largest absolute Gasteiger partial charge is 0.493 e. The molecule has 1 amide bonds. The Morgan fingerprint density at radius 3 is 2.44 bits per heavy atom. The van der Waals surface area contributed by atoms with Crippen molar-refractivity contribution in [2.75, 3.05) is 24.4 Å². The van der Waals surface area contributed by atoms with E-state index >= 15 is 0 Å². The number of rotatable bonds is 9. The minimum absolute atomic E-state index is 0.167. The molecule has 8 nitrogen and oxygen atoms in total. The van der Waals surface area contributed by atoms with Gasteiger partial charge in [-0.3, -0.25) is 4.79 Å². The summed E-state index contributed by atoms with van der Waals surface area (Å²) in [7, 11) is 1.56. The van der Waals surface area contributed by atoms with E-state index < -0.39 is 6.10 Å². The third kappa shape index (κ3) is 5.41. The van der Waals surface area contributed by atoms with Crippen LogP contribution in [0.25, 0.3) is 10.9 Å². The van der Waals surface area contributed by atoms with Gasteiger partial charge in [0, 0.05) is 28.4 Å². The SMILES string of the molecule is CCC(O)COc1cc2ncnc(Nc3ccc(NC(=O)c4ccccc4)cc3)c2cc1OC. The Balaban J connectivity index is 1.52.